The van der Waals surface area contributed by atoms with E-state index >= 15 is 0 Å². The quantitative estimate of drug-likeness (QED) is 0.788. The van der Waals surface area contributed by atoms with E-state index in [-0.39, 0.29) is 5.78 Å². The highest BCUT2D eigenvalue weighted by Crippen LogP contribution is 2.30. The first-order valence-electron chi connectivity index (χ1n) is 7.08. The van der Waals surface area contributed by atoms with Gasteiger partial charge < -0.3 is 4.90 Å². The molecule has 0 N–H and O–H groups in total. The normalized spacial score (nSPS) is 13.4. The third-order valence-corrected chi connectivity index (χ3v) is 4.10. The Labute approximate surface area is 120 Å². The first-order chi connectivity index (χ1) is 9.65. The van der Waals surface area contributed by atoms with Crippen molar-refractivity contribution in [2.24, 2.45) is 0 Å². The first-order valence-corrected chi connectivity index (χ1v) is 7.08. The zero-order chi connectivity index (χ0) is 14.1. The second kappa shape index (κ2) is 5.12. The van der Waals surface area contributed by atoms with E-state index in [1.165, 1.54) is 22.4 Å². The molecule has 2 aromatic carbocycles. The molecule has 2 aromatic rings. The maximum absolute atomic E-state index is 11.4. The smallest absolute Gasteiger partial charge is 0.159 e. The summed E-state index contributed by atoms with van der Waals surface area (Å²) in [5.41, 5.74) is 6.10. The SMILES string of the molecule is CC(=O)c1ccc2c(c1)CCN2Cc1ccccc1C. The van der Waals surface area contributed by atoms with Gasteiger partial charge in [0.25, 0.3) is 0 Å². The molecule has 20 heavy (non-hydrogen) atoms. The lowest BCUT2D eigenvalue weighted by molar-refractivity contribution is 0.101. The molecule has 0 bridgehead atoms. The zero-order valence-corrected chi connectivity index (χ0v) is 12.0. The highest BCUT2D eigenvalue weighted by molar-refractivity contribution is 5.94. The number of carbonyl (C=O) groups excluding carboxylic acids is 1. The van der Waals surface area contributed by atoms with Crippen molar-refractivity contribution in [1.82, 2.24) is 0 Å². The van der Waals surface area contributed by atoms with Crippen molar-refractivity contribution in [3.8, 4) is 0 Å². The molecule has 102 valence electrons. The molecular formula is C18H19NO. The minimum absolute atomic E-state index is 0.144. The molecule has 2 heteroatoms. The van der Waals surface area contributed by atoms with Crippen LogP contribution in [0, 0.1) is 6.92 Å². The van der Waals surface area contributed by atoms with Crippen LogP contribution in [0.2, 0.25) is 0 Å². The minimum Gasteiger partial charge on any atom is -0.367 e. The van der Waals surface area contributed by atoms with Crippen LogP contribution < -0.4 is 4.90 Å². The Morgan fingerprint density at radius 3 is 2.75 bits per heavy atom. The number of aryl methyl sites for hydroxylation is 1. The summed E-state index contributed by atoms with van der Waals surface area (Å²) in [4.78, 5) is 13.9. The van der Waals surface area contributed by atoms with Gasteiger partial charge in [-0.2, -0.15) is 0 Å². The summed E-state index contributed by atoms with van der Waals surface area (Å²) in [6.07, 6.45) is 1.03. The van der Waals surface area contributed by atoms with E-state index in [0.29, 0.717) is 0 Å². The number of Topliss-reactive ketones (excluding diaryl/α,β-unsaturated/α-hetero) is 1. The molecule has 3 rings (SSSR count). The van der Waals surface area contributed by atoms with Crippen molar-refractivity contribution in [3.05, 3.63) is 64.7 Å². The fraction of sp³-hybridized carbons (Fsp3) is 0.278. The first kappa shape index (κ1) is 12.9. The number of benzene rings is 2. The van der Waals surface area contributed by atoms with E-state index in [1.54, 1.807) is 6.92 Å². The van der Waals surface area contributed by atoms with Gasteiger partial charge in [0.1, 0.15) is 0 Å². The molecule has 0 atom stereocenters. The fourth-order valence-electron chi connectivity index (χ4n) is 2.85. The average molecular weight is 265 g/mol. The summed E-state index contributed by atoms with van der Waals surface area (Å²) in [5.74, 6) is 0.144. The number of anilines is 1. The highest BCUT2D eigenvalue weighted by Gasteiger charge is 2.20. The summed E-state index contributed by atoms with van der Waals surface area (Å²) in [7, 11) is 0. The molecule has 0 unspecified atom stereocenters. The second-order valence-electron chi connectivity index (χ2n) is 5.50. The van der Waals surface area contributed by atoms with Crippen LogP contribution in [-0.2, 0) is 13.0 Å². The van der Waals surface area contributed by atoms with Crippen LogP contribution >= 0.6 is 0 Å². The van der Waals surface area contributed by atoms with E-state index in [1.807, 2.05) is 6.07 Å². The maximum Gasteiger partial charge on any atom is 0.159 e. The Hall–Kier alpha value is -2.09. The second-order valence-corrected chi connectivity index (χ2v) is 5.50. The molecule has 1 aliphatic rings. The fourth-order valence-corrected chi connectivity index (χ4v) is 2.85. The van der Waals surface area contributed by atoms with Gasteiger partial charge >= 0.3 is 0 Å². The Balaban J connectivity index is 1.87. The molecule has 0 aliphatic carbocycles. The summed E-state index contributed by atoms with van der Waals surface area (Å²) >= 11 is 0. The van der Waals surface area contributed by atoms with Crippen molar-refractivity contribution < 1.29 is 4.79 Å². The van der Waals surface area contributed by atoms with E-state index in [4.69, 9.17) is 0 Å². The molecule has 0 aromatic heterocycles. The van der Waals surface area contributed by atoms with Crippen LogP contribution in [0.1, 0.15) is 34.0 Å². The maximum atomic E-state index is 11.4. The molecule has 0 amide bonds. The summed E-state index contributed by atoms with van der Waals surface area (Å²) < 4.78 is 0. The van der Waals surface area contributed by atoms with Crippen LogP contribution in [0.25, 0.3) is 0 Å². The third kappa shape index (κ3) is 2.34. The number of rotatable bonds is 3. The Morgan fingerprint density at radius 1 is 1.20 bits per heavy atom. The van der Waals surface area contributed by atoms with Crippen LogP contribution in [0.5, 0.6) is 0 Å². The molecule has 0 fully saturated rings. The van der Waals surface area contributed by atoms with E-state index in [0.717, 1.165) is 25.1 Å². The van der Waals surface area contributed by atoms with Gasteiger partial charge in [0.2, 0.25) is 0 Å². The van der Waals surface area contributed by atoms with Crippen LogP contribution in [0.15, 0.2) is 42.5 Å². The number of nitrogens with zero attached hydrogens (tertiary/aromatic N) is 1. The molecular weight excluding hydrogens is 246 g/mol. The van der Waals surface area contributed by atoms with Gasteiger partial charge in [-0.3, -0.25) is 4.79 Å². The zero-order valence-electron chi connectivity index (χ0n) is 12.0. The average Bonchev–Trinajstić information content (AvgIpc) is 2.84. The Morgan fingerprint density at radius 2 is 2.00 bits per heavy atom. The summed E-state index contributed by atoms with van der Waals surface area (Å²) in [5, 5.41) is 0. The summed E-state index contributed by atoms with van der Waals surface area (Å²) in [6, 6.07) is 14.6. The van der Waals surface area contributed by atoms with Crippen molar-refractivity contribution in [1.29, 1.82) is 0 Å². The predicted octanol–water partition coefficient (Wildman–Crippen LogP) is 3.76. The molecule has 1 aliphatic heterocycles. The van der Waals surface area contributed by atoms with E-state index in [9.17, 15) is 4.79 Å². The summed E-state index contributed by atoms with van der Waals surface area (Å²) in [6.45, 7) is 5.76. The molecule has 0 spiro atoms. The van der Waals surface area contributed by atoms with Crippen molar-refractivity contribution in [2.75, 3.05) is 11.4 Å². The number of ketones is 1. The molecule has 1 heterocycles. The topological polar surface area (TPSA) is 20.3 Å². The Kier molecular flexibility index (Phi) is 3.31. The number of carbonyl (C=O) groups is 1. The number of hydrogen-bond acceptors (Lipinski definition) is 2. The van der Waals surface area contributed by atoms with Gasteiger partial charge in [-0.05, 0) is 55.2 Å². The number of fused-ring (bicyclic) bond motifs is 1. The van der Waals surface area contributed by atoms with Gasteiger partial charge in [-0.25, -0.2) is 0 Å². The monoisotopic (exact) mass is 265 g/mol. The highest BCUT2D eigenvalue weighted by atomic mass is 16.1. The standard InChI is InChI=1S/C18H19NO/c1-13-5-3-4-6-17(13)12-19-10-9-16-11-15(14(2)20)7-8-18(16)19/h3-8,11H,9-10,12H2,1-2H3. The molecule has 2 nitrogen and oxygen atoms in total. The van der Waals surface area contributed by atoms with E-state index in [2.05, 4.69) is 48.2 Å². The van der Waals surface area contributed by atoms with Crippen molar-refractivity contribution in [3.63, 3.8) is 0 Å². The lowest BCUT2D eigenvalue weighted by Crippen LogP contribution is -2.20. The van der Waals surface area contributed by atoms with Gasteiger partial charge in [-0.15, -0.1) is 0 Å². The van der Waals surface area contributed by atoms with Crippen LogP contribution in [-0.4, -0.2) is 12.3 Å². The molecule has 0 saturated carbocycles. The van der Waals surface area contributed by atoms with E-state index < -0.39 is 0 Å². The number of hydrogen-bond donors (Lipinski definition) is 0. The van der Waals surface area contributed by atoms with Crippen molar-refractivity contribution >= 4 is 11.5 Å². The van der Waals surface area contributed by atoms with Crippen molar-refractivity contribution in [2.45, 2.75) is 26.8 Å². The van der Waals surface area contributed by atoms with Gasteiger partial charge in [0.05, 0.1) is 0 Å². The minimum atomic E-state index is 0.144. The van der Waals surface area contributed by atoms with Gasteiger partial charge in [-0.1, -0.05) is 24.3 Å². The Bertz CT molecular complexity index is 660. The third-order valence-electron chi connectivity index (χ3n) is 4.10. The van der Waals surface area contributed by atoms with Crippen LogP contribution in [0.4, 0.5) is 5.69 Å². The lowest BCUT2D eigenvalue weighted by atomic mass is 10.1. The van der Waals surface area contributed by atoms with Gasteiger partial charge in [0.15, 0.2) is 5.78 Å². The van der Waals surface area contributed by atoms with Crippen LogP contribution in [0.3, 0.4) is 0 Å². The van der Waals surface area contributed by atoms with Gasteiger partial charge in [0, 0.05) is 24.3 Å². The lowest BCUT2D eigenvalue weighted by Gasteiger charge is -2.20. The molecule has 0 radical (unpaired) electrons. The largest absolute Gasteiger partial charge is 0.367 e. The molecule has 0 saturated heterocycles. The predicted molar refractivity (Wildman–Crippen MR) is 82.4 cm³/mol.